The Morgan fingerprint density at radius 2 is 2.27 bits per heavy atom. The van der Waals surface area contributed by atoms with Gasteiger partial charge in [0.05, 0.1) is 5.56 Å². The lowest BCUT2D eigenvalue weighted by Gasteiger charge is -1.99. The Morgan fingerprint density at radius 3 is 2.82 bits per heavy atom. The first kappa shape index (κ1) is 7.96. The minimum Gasteiger partial charge on any atom is -0.399 e. The van der Waals surface area contributed by atoms with Crippen LogP contribution in [0.4, 0.5) is 5.69 Å². The summed E-state index contributed by atoms with van der Waals surface area (Å²) in [4.78, 5) is 0.938. The highest BCUT2D eigenvalue weighted by Gasteiger charge is 1.99. The number of nitrogen functional groups attached to an aromatic ring is 1. The van der Waals surface area contributed by atoms with E-state index in [2.05, 4.69) is 6.07 Å². The Balaban J connectivity index is 3.19. The molecule has 0 spiro atoms. The van der Waals surface area contributed by atoms with Crippen molar-refractivity contribution in [2.75, 3.05) is 12.0 Å². The molecule has 0 bridgehead atoms. The molecule has 0 saturated carbocycles. The lowest BCUT2D eigenvalue weighted by atomic mass is 10.2. The van der Waals surface area contributed by atoms with E-state index in [4.69, 9.17) is 11.0 Å². The van der Waals surface area contributed by atoms with Gasteiger partial charge >= 0.3 is 0 Å². The molecule has 0 aliphatic heterocycles. The van der Waals surface area contributed by atoms with E-state index >= 15 is 0 Å². The fourth-order valence-electron chi connectivity index (χ4n) is 0.800. The van der Waals surface area contributed by atoms with Gasteiger partial charge in [0, 0.05) is 10.6 Å². The Kier molecular flexibility index (Phi) is 2.40. The smallest absolute Gasteiger partial charge is 0.100 e. The van der Waals surface area contributed by atoms with Crippen LogP contribution >= 0.6 is 11.8 Å². The van der Waals surface area contributed by atoms with Crippen LogP contribution in [0.15, 0.2) is 23.1 Å². The van der Waals surface area contributed by atoms with E-state index < -0.39 is 0 Å². The van der Waals surface area contributed by atoms with Crippen LogP contribution in [0.5, 0.6) is 0 Å². The van der Waals surface area contributed by atoms with Crippen LogP contribution in [-0.4, -0.2) is 6.26 Å². The van der Waals surface area contributed by atoms with E-state index in [1.807, 2.05) is 12.3 Å². The standard InChI is InChI=1S/C8H8N2S/c1-11-8-4-7(10)3-2-6(8)5-9/h2-4H,10H2,1H3. The van der Waals surface area contributed by atoms with Gasteiger partial charge in [0.25, 0.3) is 0 Å². The zero-order valence-corrected chi connectivity index (χ0v) is 6.98. The van der Waals surface area contributed by atoms with Gasteiger partial charge in [0.1, 0.15) is 6.07 Å². The largest absolute Gasteiger partial charge is 0.399 e. The molecule has 0 unspecified atom stereocenters. The normalized spacial score (nSPS) is 9.09. The maximum Gasteiger partial charge on any atom is 0.100 e. The monoisotopic (exact) mass is 164 g/mol. The fraction of sp³-hybridized carbons (Fsp3) is 0.125. The van der Waals surface area contributed by atoms with Crippen molar-refractivity contribution < 1.29 is 0 Å². The first-order valence-electron chi connectivity index (χ1n) is 3.11. The van der Waals surface area contributed by atoms with Crippen molar-refractivity contribution in [1.29, 1.82) is 5.26 Å². The molecule has 1 aromatic rings. The Bertz CT molecular complexity index is 301. The molecule has 0 heterocycles. The quantitative estimate of drug-likeness (QED) is 0.509. The molecule has 2 N–H and O–H groups in total. The van der Waals surface area contributed by atoms with Gasteiger partial charge in [-0.25, -0.2) is 0 Å². The molecule has 1 rings (SSSR count). The number of nitrogens with two attached hydrogens (primary N) is 1. The summed E-state index contributed by atoms with van der Waals surface area (Å²) < 4.78 is 0. The van der Waals surface area contributed by atoms with Crippen molar-refractivity contribution in [2.45, 2.75) is 4.90 Å². The van der Waals surface area contributed by atoms with E-state index in [-0.39, 0.29) is 0 Å². The third-order valence-electron chi connectivity index (χ3n) is 1.35. The number of hydrogen-bond donors (Lipinski definition) is 1. The van der Waals surface area contributed by atoms with E-state index in [0.29, 0.717) is 11.3 Å². The maximum absolute atomic E-state index is 8.64. The molecule has 0 amide bonds. The van der Waals surface area contributed by atoms with E-state index in [9.17, 15) is 0 Å². The Morgan fingerprint density at radius 1 is 1.55 bits per heavy atom. The zero-order chi connectivity index (χ0) is 8.27. The van der Waals surface area contributed by atoms with Gasteiger partial charge in [-0.3, -0.25) is 0 Å². The summed E-state index contributed by atoms with van der Waals surface area (Å²) in [5, 5.41) is 8.64. The minimum absolute atomic E-state index is 0.687. The molecule has 0 saturated heterocycles. The number of benzene rings is 1. The first-order chi connectivity index (χ1) is 5.27. The molecule has 0 atom stereocenters. The summed E-state index contributed by atoms with van der Waals surface area (Å²) in [5.41, 5.74) is 6.92. The summed E-state index contributed by atoms with van der Waals surface area (Å²) in [6.45, 7) is 0. The maximum atomic E-state index is 8.64. The van der Waals surface area contributed by atoms with E-state index in [0.717, 1.165) is 4.90 Å². The number of thioether (sulfide) groups is 1. The molecule has 0 aromatic heterocycles. The Labute approximate surface area is 70.0 Å². The minimum atomic E-state index is 0.687. The highest BCUT2D eigenvalue weighted by atomic mass is 32.2. The fourth-order valence-corrected chi connectivity index (χ4v) is 1.39. The third kappa shape index (κ3) is 1.66. The van der Waals surface area contributed by atoms with Gasteiger partial charge in [-0.1, -0.05) is 0 Å². The van der Waals surface area contributed by atoms with Crippen LogP contribution in [0.25, 0.3) is 0 Å². The predicted molar refractivity (Wildman–Crippen MR) is 47.4 cm³/mol. The van der Waals surface area contributed by atoms with Crippen LogP contribution in [0, 0.1) is 11.3 Å². The molecule has 56 valence electrons. The van der Waals surface area contributed by atoms with Crippen LogP contribution in [0.1, 0.15) is 5.56 Å². The van der Waals surface area contributed by atoms with Gasteiger partial charge < -0.3 is 5.73 Å². The lowest BCUT2D eigenvalue weighted by molar-refractivity contribution is 1.37. The molecule has 0 aliphatic rings. The van der Waals surface area contributed by atoms with Crippen LogP contribution in [0.3, 0.4) is 0 Å². The van der Waals surface area contributed by atoms with Crippen molar-refractivity contribution >= 4 is 17.4 Å². The van der Waals surface area contributed by atoms with Crippen LogP contribution in [-0.2, 0) is 0 Å². The van der Waals surface area contributed by atoms with Gasteiger partial charge in [0.2, 0.25) is 0 Å². The summed E-state index contributed by atoms with van der Waals surface area (Å²) in [6, 6.07) is 7.38. The van der Waals surface area contributed by atoms with Gasteiger partial charge in [-0.05, 0) is 24.5 Å². The van der Waals surface area contributed by atoms with Crippen molar-refractivity contribution in [3.63, 3.8) is 0 Å². The average molecular weight is 164 g/mol. The van der Waals surface area contributed by atoms with Crippen molar-refractivity contribution in [1.82, 2.24) is 0 Å². The SMILES string of the molecule is CSc1cc(N)ccc1C#N. The molecular weight excluding hydrogens is 156 g/mol. The topological polar surface area (TPSA) is 49.8 Å². The predicted octanol–water partition coefficient (Wildman–Crippen LogP) is 1.86. The molecule has 0 fully saturated rings. The number of nitrogens with zero attached hydrogens (tertiary/aromatic N) is 1. The molecule has 11 heavy (non-hydrogen) atoms. The van der Waals surface area contributed by atoms with E-state index in [1.54, 1.807) is 12.1 Å². The number of anilines is 1. The van der Waals surface area contributed by atoms with Gasteiger partial charge in [0.15, 0.2) is 0 Å². The van der Waals surface area contributed by atoms with Crippen molar-refractivity contribution in [2.24, 2.45) is 0 Å². The summed E-state index contributed by atoms with van der Waals surface area (Å²) >= 11 is 1.53. The highest BCUT2D eigenvalue weighted by Crippen LogP contribution is 2.21. The zero-order valence-electron chi connectivity index (χ0n) is 6.16. The van der Waals surface area contributed by atoms with E-state index in [1.165, 1.54) is 11.8 Å². The second-order valence-corrected chi connectivity index (χ2v) is 2.92. The second kappa shape index (κ2) is 3.31. The van der Waals surface area contributed by atoms with Crippen LogP contribution < -0.4 is 5.73 Å². The number of rotatable bonds is 1. The van der Waals surface area contributed by atoms with Crippen molar-refractivity contribution in [3.05, 3.63) is 23.8 Å². The van der Waals surface area contributed by atoms with Gasteiger partial charge in [-0.15, -0.1) is 11.8 Å². The molecule has 1 aromatic carbocycles. The first-order valence-corrected chi connectivity index (χ1v) is 4.34. The summed E-state index contributed by atoms with van der Waals surface area (Å²) in [7, 11) is 0. The average Bonchev–Trinajstić information content (AvgIpc) is 2.04. The number of nitriles is 1. The van der Waals surface area contributed by atoms with Crippen molar-refractivity contribution in [3.8, 4) is 6.07 Å². The third-order valence-corrected chi connectivity index (χ3v) is 2.12. The Hall–Kier alpha value is -1.14. The van der Waals surface area contributed by atoms with Crippen LogP contribution in [0.2, 0.25) is 0 Å². The molecular formula is C8H8N2S. The lowest BCUT2D eigenvalue weighted by Crippen LogP contribution is -1.86. The number of hydrogen-bond acceptors (Lipinski definition) is 3. The molecule has 2 nitrogen and oxygen atoms in total. The molecule has 0 radical (unpaired) electrons. The summed E-state index contributed by atoms with van der Waals surface area (Å²) in [6.07, 6.45) is 1.93. The second-order valence-electron chi connectivity index (χ2n) is 2.07. The van der Waals surface area contributed by atoms with Gasteiger partial charge in [-0.2, -0.15) is 5.26 Å². The highest BCUT2D eigenvalue weighted by molar-refractivity contribution is 7.98. The summed E-state index contributed by atoms with van der Waals surface area (Å²) in [5.74, 6) is 0. The molecule has 0 aliphatic carbocycles. The molecule has 3 heteroatoms.